The van der Waals surface area contributed by atoms with Gasteiger partial charge in [0.2, 0.25) is 11.7 Å². The van der Waals surface area contributed by atoms with Crippen LogP contribution >= 0.6 is 0 Å². The Morgan fingerprint density at radius 1 is 0.882 bits per heavy atom. The molecule has 0 aromatic rings. The Balaban J connectivity index is 1.62. The molecule has 0 spiro atoms. The molecule has 0 unspecified atom stereocenters. The van der Waals surface area contributed by atoms with E-state index in [1.165, 1.54) is 34.6 Å². The van der Waals surface area contributed by atoms with Gasteiger partial charge in [0, 0.05) is 32.5 Å². The average Bonchev–Trinajstić information content (AvgIpc) is 3.62. The van der Waals surface area contributed by atoms with Crippen LogP contribution in [0.3, 0.4) is 0 Å². The molecule has 5 fully saturated rings. The largest absolute Gasteiger partial charge is 0.458 e. The van der Waals surface area contributed by atoms with E-state index in [4.69, 9.17) is 9.47 Å². The number of ether oxygens (including phenoxy) is 2. The number of cyclic esters (lactones) is 1. The van der Waals surface area contributed by atoms with Gasteiger partial charge in [0.05, 0.1) is 17.8 Å². The summed E-state index contributed by atoms with van der Waals surface area (Å²) < 4.78 is 12.2. The first-order valence-electron chi connectivity index (χ1n) is 24.2. The van der Waals surface area contributed by atoms with Crippen molar-refractivity contribution in [1.82, 2.24) is 41.2 Å². The molecule has 0 bridgehead atoms. The Hall–Kier alpha value is -4.07. The second-order valence-corrected chi connectivity index (χ2v) is 20.6. The Labute approximate surface area is 397 Å². The molecule has 0 aromatic carbocycles. The number of hydrogen-bond donors (Lipinski definition) is 9. The molecule has 0 radical (unpaired) electrons. The fourth-order valence-electron chi connectivity index (χ4n) is 10.1. The van der Waals surface area contributed by atoms with Crippen LogP contribution in [-0.2, 0) is 43.0 Å². The number of nitrogens with zero attached hydrogens (tertiary/aromatic N) is 5. The van der Waals surface area contributed by atoms with Crippen molar-refractivity contribution in [3.63, 3.8) is 0 Å². The van der Waals surface area contributed by atoms with E-state index in [0.29, 0.717) is 18.8 Å². The summed E-state index contributed by atoms with van der Waals surface area (Å²) in [4.78, 5) is 103. The molecule has 0 aliphatic carbocycles. The molecule has 386 valence electrons. The van der Waals surface area contributed by atoms with Gasteiger partial charge in [-0.05, 0) is 83.0 Å². The standard InChI is InChI=1S/C45H76N8O15/c1-11-25(7)20-27-15-16-45(64,68-31(27)12-2)44(10,63)42(61)48-32-34(24(5)6)67-41(60)33(23(3)4)53(66)40(59)35-43(9,62)17-19-49(35)37(56)30-21-28(54)22-47-51(30)36(55)26(8)52(65)38(57)29-14-13-18-46-50(29)39(32)58/h23-35,46-47,54,62-66H,11-22H2,1-10H3,(H,48,61)/t25-,26-,27+,28+,29+,30+,31+,32-,33-,34-,35+,43+,44+,45+/m0/s1. The molecule has 0 saturated carbocycles. The third-order valence-electron chi connectivity index (χ3n) is 14.7. The van der Waals surface area contributed by atoms with Gasteiger partial charge in [-0.3, -0.25) is 49.2 Å². The lowest BCUT2D eigenvalue weighted by Gasteiger charge is -2.48. The molecular formula is C45H76N8O15. The monoisotopic (exact) mass is 969 g/mol. The lowest BCUT2D eigenvalue weighted by atomic mass is 9.78. The van der Waals surface area contributed by atoms with E-state index in [-0.39, 0.29) is 67.8 Å². The molecule has 5 aliphatic rings. The van der Waals surface area contributed by atoms with Crippen molar-refractivity contribution in [2.75, 3.05) is 19.6 Å². The molecule has 9 N–H and O–H groups in total. The number of aliphatic hydroxyl groups is 4. The van der Waals surface area contributed by atoms with Gasteiger partial charge in [0.25, 0.3) is 29.5 Å². The van der Waals surface area contributed by atoms with Gasteiger partial charge in [-0.1, -0.05) is 54.9 Å². The van der Waals surface area contributed by atoms with Gasteiger partial charge in [0.1, 0.15) is 36.3 Å². The number of carbonyl (C=O) groups is 7. The molecule has 14 atom stereocenters. The van der Waals surface area contributed by atoms with E-state index in [1.807, 2.05) is 6.92 Å². The minimum Gasteiger partial charge on any atom is -0.458 e. The molecule has 5 aliphatic heterocycles. The lowest BCUT2D eigenvalue weighted by molar-refractivity contribution is -0.329. The van der Waals surface area contributed by atoms with E-state index in [0.717, 1.165) is 41.6 Å². The van der Waals surface area contributed by atoms with Gasteiger partial charge in [0.15, 0.2) is 11.6 Å². The maximum absolute atomic E-state index is 15.1. The zero-order chi connectivity index (χ0) is 51.0. The molecule has 5 rings (SSSR count). The smallest absolute Gasteiger partial charge is 0.332 e. The van der Waals surface area contributed by atoms with Crippen LogP contribution in [0.25, 0.3) is 0 Å². The predicted molar refractivity (Wildman–Crippen MR) is 237 cm³/mol. The van der Waals surface area contributed by atoms with Crippen LogP contribution in [0.5, 0.6) is 0 Å². The number of nitrogens with one attached hydrogen (secondary N) is 3. The van der Waals surface area contributed by atoms with Crippen LogP contribution in [0.1, 0.15) is 127 Å². The number of amides is 6. The highest BCUT2D eigenvalue weighted by atomic mass is 16.6. The quantitative estimate of drug-likeness (QED) is 0.102. The van der Waals surface area contributed by atoms with Gasteiger partial charge in [-0.25, -0.2) is 25.8 Å². The summed E-state index contributed by atoms with van der Waals surface area (Å²) in [5.41, 5.74) is 0.710. The second kappa shape index (κ2) is 21.5. The Kier molecular flexibility index (Phi) is 17.4. The highest BCUT2D eigenvalue weighted by Gasteiger charge is 2.59. The third kappa shape index (κ3) is 10.8. The van der Waals surface area contributed by atoms with E-state index in [1.54, 1.807) is 0 Å². The van der Waals surface area contributed by atoms with Gasteiger partial charge in [-0.15, -0.1) is 0 Å². The number of aliphatic hydroxyl groups excluding tert-OH is 1. The van der Waals surface area contributed by atoms with Crippen LogP contribution in [0.4, 0.5) is 0 Å². The van der Waals surface area contributed by atoms with Crippen molar-refractivity contribution in [2.45, 2.75) is 199 Å². The summed E-state index contributed by atoms with van der Waals surface area (Å²) in [6.45, 7) is 15.0. The Morgan fingerprint density at radius 2 is 1.53 bits per heavy atom. The van der Waals surface area contributed by atoms with Gasteiger partial charge >= 0.3 is 5.97 Å². The van der Waals surface area contributed by atoms with Crippen molar-refractivity contribution in [1.29, 1.82) is 0 Å². The van der Waals surface area contributed by atoms with Crippen molar-refractivity contribution >= 4 is 41.4 Å². The Morgan fingerprint density at radius 3 is 2.13 bits per heavy atom. The molecular weight excluding hydrogens is 893 g/mol. The molecule has 0 aromatic heterocycles. The molecule has 6 amide bonds. The maximum Gasteiger partial charge on any atom is 0.332 e. The number of hydrazine groups is 2. The minimum absolute atomic E-state index is 0.0101. The first kappa shape index (κ1) is 54.9. The second-order valence-electron chi connectivity index (χ2n) is 20.6. The van der Waals surface area contributed by atoms with Crippen LogP contribution in [-0.4, -0.2) is 188 Å². The maximum atomic E-state index is 15.1. The summed E-state index contributed by atoms with van der Waals surface area (Å²) in [5, 5.41) is 73.8. The molecule has 23 nitrogen and oxygen atoms in total. The minimum atomic E-state index is -2.76. The summed E-state index contributed by atoms with van der Waals surface area (Å²) in [6.07, 6.45) is -1.48. The normalized spacial score (nSPS) is 36.6. The summed E-state index contributed by atoms with van der Waals surface area (Å²) in [5.74, 6) is -12.1. The molecule has 5 heterocycles. The zero-order valence-corrected chi connectivity index (χ0v) is 41.1. The third-order valence-corrected chi connectivity index (χ3v) is 14.7. The molecule has 5 saturated heterocycles. The number of hydroxylamine groups is 4. The first-order chi connectivity index (χ1) is 31.6. The van der Waals surface area contributed by atoms with E-state index >= 15 is 4.79 Å². The average molecular weight is 969 g/mol. The first-order valence-corrected chi connectivity index (χ1v) is 24.2. The molecule has 68 heavy (non-hydrogen) atoms. The zero-order valence-electron chi connectivity index (χ0n) is 41.1. The van der Waals surface area contributed by atoms with Crippen molar-refractivity contribution in [3.8, 4) is 0 Å². The number of carbonyl (C=O) groups excluding carboxylic acids is 7. The number of fused-ring (bicyclic) bond motifs is 3. The van der Waals surface area contributed by atoms with Gasteiger partial charge in [-0.2, -0.15) is 0 Å². The van der Waals surface area contributed by atoms with Crippen LogP contribution in [0.15, 0.2) is 0 Å². The molecule has 23 heteroatoms. The van der Waals surface area contributed by atoms with Crippen molar-refractivity contribution in [2.24, 2.45) is 23.7 Å². The number of β-amino-alcohol motifs (C(OH)–C–C–N with tert-alkyl or cyclic N) is 1. The van der Waals surface area contributed by atoms with Crippen LogP contribution in [0, 0.1) is 23.7 Å². The number of hydrogen-bond acceptors (Lipinski definition) is 17. The lowest BCUT2D eigenvalue weighted by Crippen LogP contribution is -2.70. The summed E-state index contributed by atoms with van der Waals surface area (Å²) in [7, 11) is 0. The highest BCUT2D eigenvalue weighted by Crippen LogP contribution is 2.42. The number of esters is 1. The fraction of sp³-hybridized carbons (Fsp3) is 0.844. The highest BCUT2D eigenvalue weighted by molar-refractivity contribution is 5.98. The van der Waals surface area contributed by atoms with E-state index < -0.39 is 125 Å². The van der Waals surface area contributed by atoms with E-state index in [2.05, 4.69) is 30.0 Å². The van der Waals surface area contributed by atoms with Crippen molar-refractivity contribution < 1.29 is 73.9 Å². The number of rotatable bonds is 9. The van der Waals surface area contributed by atoms with E-state index in [9.17, 15) is 59.6 Å². The summed E-state index contributed by atoms with van der Waals surface area (Å²) in [6, 6.07) is -10.6. The summed E-state index contributed by atoms with van der Waals surface area (Å²) >= 11 is 0. The Bertz CT molecular complexity index is 1890. The topological polar surface area (TPSA) is 312 Å². The SMILES string of the molecule is CC[C@H](C)C[C@H]1CC[C@](O)([C@](C)(O)C(=O)N[C@@H]2C(=O)N3NCCC[C@@H]3C(=O)N(O)[C@@H](C)C(=O)N3NC[C@H](O)C[C@@H]3C(=O)N3CC[C@@](C)(O)[C@H]3C(=O)N(O)[C@@H](C(C)C)C(=O)O[C@H]2C(C)C)O[C@@H]1CC. The van der Waals surface area contributed by atoms with Crippen LogP contribution in [0.2, 0.25) is 0 Å². The fourth-order valence-corrected chi connectivity index (χ4v) is 10.1. The van der Waals surface area contributed by atoms with Gasteiger partial charge < -0.3 is 40.1 Å². The predicted octanol–water partition coefficient (Wildman–Crippen LogP) is -0.704. The van der Waals surface area contributed by atoms with Crippen molar-refractivity contribution in [3.05, 3.63) is 0 Å². The van der Waals surface area contributed by atoms with Crippen LogP contribution < -0.4 is 16.2 Å².